The maximum Gasteiger partial charge on any atom is 0.234 e. The SMILES string of the molecule is Cc1ccc(O)c(C)c1Oc1nc(N2CCN3CCC[C@H]3C2)cc2ncnc(N)c12. The maximum absolute atomic E-state index is 10.2. The molecular weight excluding hydrogens is 380 g/mol. The van der Waals surface area contributed by atoms with Crippen molar-refractivity contribution in [3.8, 4) is 17.4 Å². The smallest absolute Gasteiger partial charge is 0.234 e. The number of nitrogens with two attached hydrogens (primary N) is 1. The summed E-state index contributed by atoms with van der Waals surface area (Å²) in [5, 5.41) is 10.7. The van der Waals surface area contributed by atoms with Crippen LogP contribution in [0.3, 0.4) is 0 Å². The highest BCUT2D eigenvalue weighted by Gasteiger charge is 2.31. The van der Waals surface area contributed by atoms with Crippen LogP contribution in [0.2, 0.25) is 0 Å². The third-order valence-electron chi connectivity index (χ3n) is 6.29. The molecule has 3 aromatic rings. The Labute approximate surface area is 175 Å². The molecule has 1 aromatic carbocycles. The number of ether oxygens (including phenoxy) is 1. The summed E-state index contributed by atoms with van der Waals surface area (Å²) in [4.78, 5) is 18.3. The molecule has 30 heavy (non-hydrogen) atoms. The van der Waals surface area contributed by atoms with Gasteiger partial charge in [-0.05, 0) is 44.9 Å². The molecule has 2 aliphatic heterocycles. The van der Waals surface area contributed by atoms with E-state index in [1.807, 2.05) is 26.0 Å². The minimum atomic E-state index is 0.178. The van der Waals surface area contributed by atoms with Crippen molar-refractivity contribution in [2.24, 2.45) is 0 Å². The second-order valence-corrected chi connectivity index (χ2v) is 8.17. The predicted molar refractivity (Wildman–Crippen MR) is 116 cm³/mol. The van der Waals surface area contributed by atoms with Gasteiger partial charge in [0.25, 0.3) is 0 Å². The van der Waals surface area contributed by atoms with Crippen molar-refractivity contribution in [2.75, 3.05) is 36.8 Å². The van der Waals surface area contributed by atoms with Gasteiger partial charge in [-0.2, -0.15) is 4.98 Å². The Bertz CT molecular complexity index is 1120. The number of fused-ring (bicyclic) bond motifs is 2. The Hall–Kier alpha value is -3.13. The van der Waals surface area contributed by atoms with Gasteiger partial charge in [-0.3, -0.25) is 4.90 Å². The molecule has 0 saturated carbocycles. The Balaban J connectivity index is 1.59. The molecule has 5 rings (SSSR count). The van der Waals surface area contributed by atoms with Gasteiger partial charge in [0, 0.05) is 37.3 Å². The van der Waals surface area contributed by atoms with Crippen LogP contribution in [0.15, 0.2) is 24.5 Å². The van der Waals surface area contributed by atoms with Crippen molar-refractivity contribution in [1.82, 2.24) is 19.9 Å². The first kappa shape index (κ1) is 18.9. The van der Waals surface area contributed by atoms with E-state index in [1.54, 1.807) is 6.07 Å². The van der Waals surface area contributed by atoms with Crippen LogP contribution in [0, 0.1) is 13.8 Å². The van der Waals surface area contributed by atoms with Crippen molar-refractivity contribution < 1.29 is 9.84 Å². The van der Waals surface area contributed by atoms with E-state index in [0.29, 0.717) is 40.0 Å². The number of benzene rings is 1. The summed E-state index contributed by atoms with van der Waals surface area (Å²) >= 11 is 0. The molecule has 0 amide bonds. The van der Waals surface area contributed by atoms with Crippen molar-refractivity contribution in [3.63, 3.8) is 0 Å². The average molecular weight is 406 g/mol. The van der Waals surface area contributed by atoms with Crippen LogP contribution in [0.5, 0.6) is 17.4 Å². The van der Waals surface area contributed by atoms with Gasteiger partial charge >= 0.3 is 0 Å². The summed E-state index contributed by atoms with van der Waals surface area (Å²) < 4.78 is 6.26. The molecule has 2 saturated heterocycles. The van der Waals surface area contributed by atoms with E-state index in [1.165, 1.54) is 25.7 Å². The fourth-order valence-electron chi connectivity index (χ4n) is 4.56. The quantitative estimate of drug-likeness (QED) is 0.685. The fourth-order valence-corrected chi connectivity index (χ4v) is 4.56. The number of pyridine rings is 1. The van der Waals surface area contributed by atoms with Crippen molar-refractivity contribution in [2.45, 2.75) is 32.7 Å². The number of nitrogen functional groups attached to an aromatic ring is 1. The van der Waals surface area contributed by atoms with Crippen LogP contribution in [0.1, 0.15) is 24.0 Å². The molecule has 2 aliphatic rings. The van der Waals surface area contributed by atoms with E-state index in [-0.39, 0.29) is 5.75 Å². The summed E-state index contributed by atoms with van der Waals surface area (Å²) in [5.74, 6) is 2.27. The third-order valence-corrected chi connectivity index (χ3v) is 6.29. The van der Waals surface area contributed by atoms with Gasteiger partial charge in [-0.15, -0.1) is 0 Å². The number of anilines is 2. The molecule has 156 valence electrons. The van der Waals surface area contributed by atoms with E-state index in [9.17, 15) is 5.11 Å². The van der Waals surface area contributed by atoms with Crippen LogP contribution >= 0.6 is 0 Å². The summed E-state index contributed by atoms with van der Waals surface area (Å²) in [7, 11) is 0. The summed E-state index contributed by atoms with van der Waals surface area (Å²) in [6.45, 7) is 7.85. The molecule has 4 heterocycles. The van der Waals surface area contributed by atoms with Gasteiger partial charge < -0.3 is 20.5 Å². The van der Waals surface area contributed by atoms with E-state index in [4.69, 9.17) is 15.5 Å². The van der Waals surface area contributed by atoms with Gasteiger partial charge in [0.2, 0.25) is 5.88 Å². The van der Waals surface area contributed by atoms with Crippen LogP contribution < -0.4 is 15.4 Å². The average Bonchev–Trinajstić information content (AvgIpc) is 3.21. The number of aryl methyl sites for hydroxylation is 1. The van der Waals surface area contributed by atoms with Crippen LogP contribution in [-0.2, 0) is 0 Å². The zero-order valence-electron chi connectivity index (χ0n) is 17.3. The molecule has 3 N–H and O–H groups in total. The number of nitrogens with zero attached hydrogens (tertiary/aromatic N) is 5. The van der Waals surface area contributed by atoms with E-state index in [0.717, 1.165) is 31.0 Å². The predicted octanol–water partition coefficient (Wildman–Crippen LogP) is 3.01. The molecule has 1 atom stereocenters. The zero-order valence-corrected chi connectivity index (χ0v) is 17.3. The minimum absolute atomic E-state index is 0.178. The molecular formula is C22H26N6O2. The minimum Gasteiger partial charge on any atom is -0.508 e. The lowest BCUT2D eigenvalue weighted by Crippen LogP contribution is -2.50. The highest BCUT2D eigenvalue weighted by Crippen LogP contribution is 2.38. The first-order chi connectivity index (χ1) is 14.5. The molecule has 0 unspecified atom stereocenters. The largest absolute Gasteiger partial charge is 0.508 e. The zero-order chi connectivity index (χ0) is 20.8. The molecule has 2 fully saturated rings. The highest BCUT2D eigenvalue weighted by atomic mass is 16.5. The van der Waals surface area contributed by atoms with Crippen LogP contribution in [0.4, 0.5) is 11.6 Å². The fraction of sp³-hybridized carbons (Fsp3) is 0.409. The van der Waals surface area contributed by atoms with Crippen molar-refractivity contribution in [3.05, 3.63) is 35.7 Å². The van der Waals surface area contributed by atoms with Gasteiger partial charge in [-0.1, -0.05) is 6.07 Å². The Morgan fingerprint density at radius 1 is 1.17 bits per heavy atom. The summed E-state index contributed by atoms with van der Waals surface area (Å²) in [5.41, 5.74) is 8.44. The molecule has 0 bridgehead atoms. The summed E-state index contributed by atoms with van der Waals surface area (Å²) in [6.07, 6.45) is 3.95. The second kappa shape index (κ2) is 7.28. The second-order valence-electron chi connectivity index (χ2n) is 8.17. The van der Waals surface area contributed by atoms with Crippen LogP contribution in [0.25, 0.3) is 10.9 Å². The van der Waals surface area contributed by atoms with E-state index < -0.39 is 0 Å². The topological polar surface area (TPSA) is 101 Å². The van der Waals surface area contributed by atoms with Gasteiger partial charge in [0.15, 0.2) is 0 Å². The maximum atomic E-state index is 10.2. The monoisotopic (exact) mass is 406 g/mol. The van der Waals surface area contributed by atoms with Gasteiger partial charge in [-0.25, -0.2) is 9.97 Å². The number of piperazine rings is 1. The molecule has 2 aromatic heterocycles. The van der Waals surface area contributed by atoms with Gasteiger partial charge in [0.05, 0.1) is 5.52 Å². The number of hydrogen-bond donors (Lipinski definition) is 2. The number of phenols is 1. The molecule has 0 radical (unpaired) electrons. The number of aromatic hydroxyl groups is 1. The summed E-state index contributed by atoms with van der Waals surface area (Å²) in [6, 6.07) is 6.03. The number of hydrogen-bond acceptors (Lipinski definition) is 8. The van der Waals surface area contributed by atoms with Gasteiger partial charge in [0.1, 0.15) is 34.8 Å². The Kier molecular flexibility index (Phi) is 4.58. The third kappa shape index (κ3) is 3.17. The molecule has 0 aliphatic carbocycles. The van der Waals surface area contributed by atoms with E-state index >= 15 is 0 Å². The van der Waals surface area contributed by atoms with Crippen LogP contribution in [-0.4, -0.2) is 57.2 Å². The van der Waals surface area contributed by atoms with Crippen molar-refractivity contribution >= 4 is 22.5 Å². The number of phenolic OH excluding ortho intramolecular Hbond substituents is 1. The molecule has 0 spiro atoms. The molecule has 8 nitrogen and oxygen atoms in total. The number of aromatic nitrogens is 3. The first-order valence-corrected chi connectivity index (χ1v) is 10.4. The van der Waals surface area contributed by atoms with Crippen molar-refractivity contribution in [1.29, 1.82) is 0 Å². The first-order valence-electron chi connectivity index (χ1n) is 10.4. The lowest BCUT2D eigenvalue weighted by Gasteiger charge is -2.38. The standard InChI is InChI=1S/C22H26N6O2/c1-13-5-6-17(29)14(2)20(13)30-22-19-16(24-12-25-21(19)23)10-18(26-22)28-9-8-27-7-3-4-15(27)11-28/h5-6,10,12,15,29H,3-4,7-9,11H2,1-2H3,(H2,23,24,25)/t15-/m0/s1. The lowest BCUT2D eigenvalue weighted by atomic mass is 10.1. The number of rotatable bonds is 3. The molecule has 8 heteroatoms. The lowest BCUT2D eigenvalue weighted by molar-refractivity contribution is 0.230. The van der Waals surface area contributed by atoms with E-state index in [2.05, 4.69) is 19.8 Å². The normalized spacial score (nSPS) is 19.3. The Morgan fingerprint density at radius 2 is 2.03 bits per heavy atom. The Morgan fingerprint density at radius 3 is 2.90 bits per heavy atom. The highest BCUT2D eigenvalue weighted by molar-refractivity contribution is 5.94.